The van der Waals surface area contributed by atoms with Crippen LogP contribution < -0.4 is 11.1 Å². The van der Waals surface area contributed by atoms with Crippen LogP contribution in [-0.4, -0.2) is 55.0 Å². The first-order chi connectivity index (χ1) is 11.0. The first-order valence-electron chi connectivity index (χ1n) is 8.58. The van der Waals surface area contributed by atoms with Gasteiger partial charge in [0.1, 0.15) is 0 Å². The number of nitrogens with zero attached hydrogens (tertiary/aromatic N) is 3. The summed E-state index contributed by atoms with van der Waals surface area (Å²) in [5, 5.41) is 3.11. The van der Waals surface area contributed by atoms with Crippen molar-refractivity contribution in [3.63, 3.8) is 0 Å². The number of guanidine groups is 1. The monoisotopic (exact) mass is 317 g/mol. The van der Waals surface area contributed by atoms with Gasteiger partial charge in [0.15, 0.2) is 5.96 Å². The van der Waals surface area contributed by atoms with Crippen molar-refractivity contribution in [2.75, 3.05) is 33.2 Å². The maximum atomic E-state index is 5.83. The molecule has 2 rings (SSSR count). The fraction of sp³-hybridized carbons (Fsp3) is 0.611. The highest BCUT2D eigenvalue weighted by Gasteiger charge is 2.12. The molecule has 0 saturated carbocycles. The number of nitrogens with two attached hydrogens (primary N) is 1. The summed E-state index contributed by atoms with van der Waals surface area (Å²) in [4.78, 5) is 9.32. The van der Waals surface area contributed by atoms with Crippen LogP contribution in [0, 0.1) is 0 Å². The van der Waals surface area contributed by atoms with E-state index in [-0.39, 0.29) is 0 Å². The molecule has 0 aromatic heterocycles. The molecule has 5 nitrogen and oxygen atoms in total. The molecule has 1 aliphatic rings. The number of hydrogen-bond acceptors (Lipinski definition) is 3. The Kier molecular flexibility index (Phi) is 6.86. The maximum Gasteiger partial charge on any atom is 0.189 e. The molecule has 1 heterocycles. The van der Waals surface area contributed by atoms with Crippen LogP contribution >= 0.6 is 0 Å². The summed E-state index contributed by atoms with van der Waals surface area (Å²) in [5.74, 6) is 0.512. The molecular formula is C18H31N5. The maximum absolute atomic E-state index is 5.83. The van der Waals surface area contributed by atoms with Crippen LogP contribution in [0.25, 0.3) is 0 Å². The summed E-state index contributed by atoms with van der Waals surface area (Å²) < 4.78 is 0. The number of benzene rings is 1. The highest BCUT2D eigenvalue weighted by molar-refractivity contribution is 5.78. The van der Waals surface area contributed by atoms with E-state index in [9.17, 15) is 0 Å². The molecular weight excluding hydrogens is 286 g/mol. The van der Waals surface area contributed by atoms with Crippen molar-refractivity contribution in [3.05, 3.63) is 35.4 Å². The Hall–Kier alpha value is -1.59. The van der Waals surface area contributed by atoms with Crippen LogP contribution in [0.3, 0.4) is 0 Å². The van der Waals surface area contributed by atoms with E-state index in [1.165, 1.54) is 30.6 Å². The number of hydrogen-bond donors (Lipinski definition) is 2. The van der Waals surface area contributed by atoms with Gasteiger partial charge >= 0.3 is 0 Å². The van der Waals surface area contributed by atoms with Crippen molar-refractivity contribution in [1.29, 1.82) is 0 Å². The second-order valence-corrected chi connectivity index (χ2v) is 6.75. The molecule has 1 saturated heterocycles. The predicted molar refractivity (Wildman–Crippen MR) is 97.4 cm³/mol. The van der Waals surface area contributed by atoms with Crippen LogP contribution in [0.15, 0.2) is 29.3 Å². The van der Waals surface area contributed by atoms with Gasteiger partial charge < -0.3 is 16.0 Å². The summed E-state index contributed by atoms with van der Waals surface area (Å²) in [7, 11) is 2.21. The minimum absolute atomic E-state index is 0.314. The minimum atomic E-state index is 0.314. The summed E-state index contributed by atoms with van der Waals surface area (Å²) in [5.41, 5.74) is 8.39. The Bertz CT molecular complexity index is 495. The van der Waals surface area contributed by atoms with Crippen molar-refractivity contribution in [2.45, 2.75) is 39.4 Å². The van der Waals surface area contributed by atoms with Crippen molar-refractivity contribution in [2.24, 2.45) is 10.7 Å². The van der Waals surface area contributed by atoms with E-state index in [0.29, 0.717) is 18.5 Å². The van der Waals surface area contributed by atoms with Gasteiger partial charge in [-0.1, -0.05) is 24.3 Å². The highest BCUT2D eigenvalue weighted by Crippen LogP contribution is 2.10. The topological polar surface area (TPSA) is 56.9 Å². The second kappa shape index (κ2) is 8.89. The number of nitrogens with one attached hydrogen (secondary N) is 1. The van der Waals surface area contributed by atoms with Crippen molar-refractivity contribution < 1.29 is 0 Å². The van der Waals surface area contributed by atoms with Gasteiger partial charge in [0, 0.05) is 25.7 Å². The Balaban J connectivity index is 1.84. The molecule has 0 spiro atoms. The third-order valence-electron chi connectivity index (χ3n) is 4.11. The molecule has 1 aromatic rings. The van der Waals surface area contributed by atoms with Crippen molar-refractivity contribution in [3.8, 4) is 0 Å². The zero-order valence-corrected chi connectivity index (χ0v) is 14.8. The van der Waals surface area contributed by atoms with E-state index >= 15 is 0 Å². The Morgan fingerprint density at radius 1 is 1.13 bits per heavy atom. The van der Waals surface area contributed by atoms with Gasteiger partial charge in [-0.3, -0.25) is 4.90 Å². The smallest absolute Gasteiger partial charge is 0.189 e. The van der Waals surface area contributed by atoms with Crippen LogP contribution in [0.2, 0.25) is 0 Å². The molecule has 0 atom stereocenters. The lowest BCUT2D eigenvalue weighted by atomic mass is 10.1. The van der Waals surface area contributed by atoms with E-state index in [1.807, 2.05) is 0 Å². The molecule has 0 unspecified atom stereocenters. The van der Waals surface area contributed by atoms with Gasteiger partial charge in [0.25, 0.3) is 0 Å². The molecule has 3 N–H and O–H groups in total. The second-order valence-electron chi connectivity index (χ2n) is 6.75. The SMILES string of the molecule is CC(C)NC(N)=NCc1ccc(CN2CCCN(C)CC2)cc1. The predicted octanol–water partition coefficient (Wildman–Crippen LogP) is 1.64. The van der Waals surface area contributed by atoms with E-state index in [0.717, 1.165) is 19.6 Å². The van der Waals surface area contributed by atoms with E-state index in [2.05, 4.69) is 65.3 Å². The van der Waals surface area contributed by atoms with Gasteiger partial charge in [-0.15, -0.1) is 0 Å². The number of rotatable bonds is 5. The lowest BCUT2D eigenvalue weighted by Crippen LogP contribution is -2.36. The van der Waals surface area contributed by atoms with E-state index in [4.69, 9.17) is 5.73 Å². The summed E-state index contributed by atoms with van der Waals surface area (Å²) in [6, 6.07) is 9.06. The van der Waals surface area contributed by atoms with Crippen LogP contribution in [0.5, 0.6) is 0 Å². The average molecular weight is 317 g/mol. The van der Waals surface area contributed by atoms with Gasteiger partial charge in [0.2, 0.25) is 0 Å². The molecule has 0 amide bonds. The minimum Gasteiger partial charge on any atom is -0.370 e. The molecule has 5 heteroatoms. The third-order valence-corrected chi connectivity index (χ3v) is 4.11. The summed E-state index contributed by atoms with van der Waals surface area (Å²) in [6.45, 7) is 10.5. The third kappa shape index (κ3) is 6.59. The normalized spacial score (nSPS) is 18.2. The molecule has 0 bridgehead atoms. The molecule has 1 fully saturated rings. The first-order valence-corrected chi connectivity index (χ1v) is 8.58. The molecule has 23 heavy (non-hydrogen) atoms. The Morgan fingerprint density at radius 2 is 1.83 bits per heavy atom. The zero-order chi connectivity index (χ0) is 16.7. The quantitative estimate of drug-likeness (QED) is 0.640. The van der Waals surface area contributed by atoms with Crippen LogP contribution in [0.1, 0.15) is 31.4 Å². The lowest BCUT2D eigenvalue weighted by Gasteiger charge is -2.20. The van der Waals surface area contributed by atoms with E-state index < -0.39 is 0 Å². The first kappa shape index (κ1) is 17.8. The van der Waals surface area contributed by atoms with Crippen molar-refractivity contribution in [1.82, 2.24) is 15.1 Å². The number of aliphatic imine (C=N–C) groups is 1. The molecule has 128 valence electrons. The van der Waals surface area contributed by atoms with Gasteiger partial charge in [-0.05, 0) is 51.5 Å². The Labute approximate surface area is 140 Å². The lowest BCUT2D eigenvalue weighted by molar-refractivity contribution is 0.269. The fourth-order valence-corrected chi connectivity index (χ4v) is 2.78. The van der Waals surface area contributed by atoms with Gasteiger partial charge in [-0.25, -0.2) is 4.99 Å². The molecule has 0 radical (unpaired) electrons. The van der Waals surface area contributed by atoms with Crippen molar-refractivity contribution >= 4 is 5.96 Å². The van der Waals surface area contributed by atoms with Crippen LogP contribution in [0.4, 0.5) is 0 Å². The number of likely N-dealkylation sites (N-methyl/N-ethyl adjacent to an activating group) is 1. The zero-order valence-electron chi connectivity index (χ0n) is 14.8. The fourth-order valence-electron chi connectivity index (χ4n) is 2.78. The Morgan fingerprint density at radius 3 is 2.52 bits per heavy atom. The standard InChI is InChI=1S/C18H31N5/c1-15(2)21-18(19)20-13-16-5-7-17(8-6-16)14-23-10-4-9-22(3)11-12-23/h5-8,15H,4,9-14H2,1-3H3,(H3,19,20,21). The largest absolute Gasteiger partial charge is 0.370 e. The van der Waals surface area contributed by atoms with Gasteiger partial charge in [0.05, 0.1) is 6.54 Å². The summed E-state index contributed by atoms with van der Waals surface area (Å²) >= 11 is 0. The van der Waals surface area contributed by atoms with Gasteiger partial charge in [-0.2, -0.15) is 0 Å². The average Bonchev–Trinajstić information content (AvgIpc) is 2.71. The summed E-state index contributed by atoms with van der Waals surface area (Å²) in [6.07, 6.45) is 1.26. The van der Waals surface area contributed by atoms with E-state index in [1.54, 1.807) is 0 Å². The van der Waals surface area contributed by atoms with Crippen LogP contribution in [-0.2, 0) is 13.1 Å². The molecule has 1 aromatic carbocycles. The molecule has 1 aliphatic heterocycles. The highest BCUT2D eigenvalue weighted by atomic mass is 15.2. The molecule has 0 aliphatic carbocycles.